The van der Waals surface area contributed by atoms with Gasteiger partial charge in [-0.05, 0) is 53.9 Å². The normalized spacial score (nSPS) is 10.6. The first-order chi connectivity index (χ1) is 13.6. The van der Waals surface area contributed by atoms with E-state index in [2.05, 4.69) is 6.07 Å². The van der Waals surface area contributed by atoms with Gasteiger partial charge in [-0.25, -0.2) is 4.79 Å². The molecule has 0 saturated heterocycles. The summed E-state index contributed by atoms with van der Waals surface area (Å²) in [5, 5.41) is 9.77. The van der Waals surface area contributed by atoms with Gasteiger partial charge in [0.15, 0.2) is 0 Å². The summed E-state index contributed by atoms with van der Waals surface area (Å²) in [7, 11) is 0. The highest BCUT2D eigenvalue weighted by molar-refractivity contribution is 5.80. The minimum absolute atomic E-state index is 0.279. The van der Waals surface area contributed by atoms with Crippen molar-refractivity contribution in [1.82, 2.24) is 0 Å². The average molecular weight is 367 g/mol. The molecule has 1 heterocycles. The van der Waals surface area contributed by atoms with Crippen molar-refractivity contribution < 1.29 is 9.15 Å². The zero-order valence-electron chi connectivity index (χ0n) is 15.3. The minimum Gasteiger partial charge on any atom is -0.489 e. The van der Waals surface area contributed by atoms with Crippen molar-refractivity contribution in [2.24, 2.45) is 0 Å². The van der Waals surface area contributed by atoms with Crippen molar-refractivity contribution in [3.05, 3.63) is 99.9 Å². The van der Waals surface area contributed by atoms with Crippen LogP contribution in [0.25, 0.3) is 22.1 Å². The fourth-order valence-electron chi connectivity index (χ4n) is 3.10. The first-order valence-electron chi connectivity index (χ1n) is 8.89. The Labute approximate surface area is 162 Å². The molecule has 28 heavy (non-hydrogen) atoms. The maximum Gasteiger partial charge on any atom is 0.336 e. The van der Waals surface area contributed by atoms with E-state index < -0.39 is 0 Å². The first-order valence-corrected chi connectivity index (χ1v) is 8.89. The van der Waals surface area contributed by atoms with Crippen LogP contribution in [-0.2, 0) is 6.61 Å². The molecule has 4 aromatic rings. The van der Waals surface area contributed by atoms with Crippen molar-refractivity contribution in [3.8, 4) is 22.9 Å². The van der Waals surface area contributed by atoms with Crippen LogP contribution in [0.2, 0.25) is 0 Å². The van der Waals surface area contributed by atoms with Crippen LogP contribution in [0.15, 0.2) is 82.0 Å². The van der Waals surface area contributed by atoms with Crippen LogP contribution in [-0.4, -0.2) is 0 Å². The van der Waals surface area contributed by atoms with Crippen LogP contribution < -0.4 is 10.4 Å². The smallest absolute Gasteiger partial charge is 0.336 e. The number of aryl methyl sites for hydroxylation is 1. The van der Waals surface area contributed by atoms with Crippen LogP contribution in [0.4, 0.5) is 0 Å². The first kappa shape index (κ1) is 17.6. The number of hydrogen-bond donors (Lipinski definition) is 0. The molecule has 0 bridgehead atoms. The van der Waals surface area contributed by atoms with Gasteiger partial charge < -0.3 is 9.15 Å². The van der Waals surface area contributed by atoms with E-state index in [9.17, 15) is 4.79 Å². The summed E-state index contributed by atoms with van der Waals surface area (Å²) in [4.78, 5) is 11.8. The number of ether oxygens (including phenoxy) is 1. The lowest BCUT2D eigenvalue weighted by Gasteiger charge is -2.09. The van der Waals surface area contributed by atoms with E-state index >= 15 is 0 Å². The largest absolute Gasteiger partial charge is 0.489 e. The van der Waals surface area contributed by atoms with E-state index in [4.69, 9.17) is 14.4 Å². The Kier molecular flexibility index (Phi) is 4.65. The number of rotatable bonds is 4. The van der Waals surface area contributed by atoms with Gasteiger partial charge in [0, 0.05) is 17.0 Å². The van der Waals surface area contributed by atoms with Crippen LogP contribution in [0.3, 0.4) is 0 Å². The zero-order chi connectivity index (χ0) is 19.5. The summed E-state index contributed by atoms with van der Waals surface area (Å²) in [5.41, 5.74) is 4.73. The molecule has 0 saturated carbocycles. The van der Waals surface area contributed by atoms with Gasteiger partial charge in [-0.2, -0.15) is 5.26 Å². The highest BCUT2D eigenvalue weighted by Crippen LogP contribution is 2.24. The van der Waals surface area contributed by atoms with Gasteiger partial charge in [0.25, 0.3) is 0 Å². The second-order valence-electron chi connectivity index (χ2n) is 6.59. The number of benzene rings is 3. The number of nitriles is 1. The molecule has 3 aromatic carbocycles. The Morgan fingerprint density at radius 1 is 0.929 bits per heavy atom. The molecule has 0 aliphatic carbocycles. The Balaban J connectivity index is 1.53. The van der Waals surface area contributed by atoms with E-state index in [1.54, 1.807) is 12.1 Å². The molecule has 136 valence electrons. The standard InChI is InChI=1S/C24H17NO3/c1-16-2-11-22-20(13-24(26)28-23(22)12-16)15-27-21-9-7-19(8-10-21)18-5-3-17(14-25)4-6-18/h2-13H,15H2,1H3. The lowest BCUT2D eigenvalue weighted by molar-refractivity contribution is 0.306. The van der Waals surface area contributed by atoms with Crippen LogP contribution in [0.5, 0.6) is 5.75 Å². The molecule has 0 unspecified atom stereocenters. The van der Waals surface area contributed by atoms with Crippen molar-refractivity contribution in [2.75, 3.05) is 0 Å². The van der Waals surface area contributed by atoms with E-state index in [-0.39, 0.29) is 12.2 Å². The highest BCUT2D eigenvalue weighted by Gasteiger charge is 2.07. The molecule has 0 amide bonds. The molecule has 4 heteroatoms. The third-order valence-corrected chi connectivity index (χ3v) is 4.58. The molecule has 1 aromatic heterocycles. The van der Waals surface area contributed by atoms with Gasteiger partial charge in [-0.1, -0.05) is 36.4 Å². The highest BCUT2D eigenvalue weighted by atomic mass is 16.5. The molecule has 0 aliphatic heterocycles. The summed E-state index contributed by atoms with van der Waals surface area (Å²) in [6, 6.07) is 24.5. The molecular formula is C24H17NO3. The fourth-order valence-corrected chi connectivity index (χ4v) is 3.10. The molecule has 4 nitrogen and oxygen atoms in total. The van der Waals surface area contributed by atoms with Crippen molar-refractivity contribution >= 4 is 11.0 Å². The quantitative estimate of drug-likeness (QED) is 0.464. The van der Waals surface area contributed by atoms with Gasteiger partial charge in [0.2, 0.25) is 0 Å². The van der Waals surface area contributed by atoms with Crippen molar-refractivity contribution in [3.63, 3.8) is 0 Å². The SMILES string of the molecule is Cc1ccc2c(COc3ccc(-c4ccc(C#N)cc4)cc3)cc(=O)oc2c1. The Morgan fingerprint density at radius 2 is 1.61 bits per heavy atom. The average Bonchev–Trinajstić information content (AvgIpc) is 2.72. The number of fused-ring (bicyclic) bond motifs is 1. The van der Waals surface area contributed by atoms with E-state index in [0.717, 1.165) is 27.6 Å². The second kappa shape index (κ2) is 7.42. The number of hydrogen-bond acceptors (Lipinski definition) is 4. The third-order valence-electron chi connectivity index (χ3n) is 4.58. The molecule has 0 fully saturated rings. The van der Waals surface area contributed by atoms with Crippen LogP contribution in [0, 0.1) is 18.3 Å². The van der Waals surface area contributed by atoms with Crippen LogP contribution in [0.1, 0.15) is 16.7 Å². The predicted molar refractivity (Wildman–Crippen MR) is 108 cm³/mol. The lowest BCUT2D eigenvalue weighted by Crippen LogP contribution is -2.04. The lowest BCUT2D eigenvalue weighted by atomic mass is 10.0. The molecule has 0 atom stereocenters. The molecule has 0 aliphatic rings. The molecular weight excluding hydrogens is 350 g/mol. The van der Waals surface area contributed by atoms with Gasteiger partial charge in [0.1, 0.15) is 17.9 Å². The third kappa shape index (κ3) is 3.65. The van der Waals surface area contributed by atoms with Gasteiger partial charge in [-0.3, -0.25) is 0 Å². The number of nitrogens with zero attached hydrogens (tertiary/aromatic N) is 1. The second-order valence-corrected chi connectivity index (χ2v) is 6.59. The van der Waals surface area contributed by atoms with E-state index in [0.29, 0.717) is 16.9 Å². The minimum atomic E-state index is -0.382. The maximum absolute atomic E-state index is 11.8. The summed E-state index contributed by atoms with van der Waals surface area (Å²) in [5.74, 6) is 0.714. The molecule has 0 radical (unpaired) electrons. The maximum atomic E-state index is 11.8. The molecule has 0 N–H and O–H groups in total. The zero-order valence-corrected chi connectivity index (χ0v) is 15.3. The summed E-state index contributed by atoms with van der Waals surface area (Å²) in [6.07, 6.45) is 0. The topological polar surface area (TPSA) is 63.2 Å². The predicted octanol–water partition coefficient (Wildman–Crippen LogP) is 5.22. The van der Waals surface area contributed by atoms with E-state index in [1.165, 1.54) is 6.07 Å². The Morgan fingerprint density at radius 3 is 2.29 bits per heavy atom. The monoisotopic (exact) mass is 367 g/mol. The van der Waals surface area contributed by atoms with Gasteiger partial charge in [0.05, 0.1) is 11.6 Å². The molecule has 4 rings (SSSR count). The van der Waals surface area contributed by atoms with Crippen molar-refractivity contribution in [1.29, 1.82) is 5.26 Å². The molecule has 0 spiro atoms. The summed E-state index contributed by atoms with van der Waals surface area (Å²) < 4.78 is 11.2. The Bertz CT molecular complexity index is 1230. The Hall–Kier alpha value is -3.84. The van der Waals surface area contributed by atoms with Gasteiger partial charge >= 0.3 is 5.63 Å². The van der Waals surface area contributed by atoms with Crippen molar-refractivity contribution in [2.45, 2.75) is 13.5 Å². The fraction of sp³-hybridized carbons (Fsp3) is 0.0833. The van der Waals surface area contributed by atoms with Gasteiger partial charge in [-0.15, -0.1) is 0 Å². The van der Waals surface area contributed by atoms with Crippen LogP contribution >= 0.6 is 0 Å². The summed E-state index contributed by atoms with van der Waals surface area (Å²) in [6.45, 7) is 2.24. The van der Waals surface area contributed by atoms with E-state index in [1.807, 2.05) is 61.5 Å². The summed E-state index contributed by atoms with van der Waals surface area (Å²) >= 11 is 0.